The van der Waals surface area contributed by atoms with Gasteiger partial charge < -0.3 is 5.11 Å². The van der Waals surface area contributed by atoms with Crippen LogP contribution in [-0.2, 0) is 0 Å². The molecular weight excluding hydrogens is 256 g/mol. The Morgan fingerprint density at radius 2 is 2.00 bits per heavy atom. The number of allylic oxidation sites excluding steroid dienone is 2. The Morgan fingerprint density at radius 3 is 2.37 bits per heavy atom. The monoisotopic (exact) mass is 284 g/mol. The molecule has 0 aromatic heterocycles. The largest absolute Gasteiger partial charge is 0.393 e. The SMILES string of the molecule is CCC(O)CC(C(=C1CCC1)C1CCC1)C(C)CCl. The van der Waals surface area contributed by atoms with Crippen molar-refractivity contribution in [2.24, 2.45) is 17.8 Å². The second-order valence-corrected chi connectivity index (χ2v) is 6.88. The van der Waals surface area contributed by atoms with Crippen LogP contribution in [0.3, 0.4) is 0 Å². The number of hydrogen-bond donors (Lipinski definition) is 1. The summed E-state index contributed by atoms with van der Waals surface area (Å²) in [6, 6.07) is 0. The van der Waals surface area contributed by atoms with E-state index in [0.717, 1.165) is 18.8 Å². The topological polar surface area (TPSA) is 20.2 Å². The van der Waals surface area contributed by atoms with Crippen molar-refractivity contribution in [3.8, 4) is 0 Å². The number of halogens is 1. The minimum absolute atomic E-state index is 0.161. The van der Waals surface area contributed by atoms with Crippen LogP contribution in [0.5, 0.6) is 0 Å². The van der Waals surface area contributed by atoms with E-state index in [1.807, 2.05) is 0 Å². The van der Waals surface area contributed by atoms with Gasteiger partial charge in [0.25, 0.3) is 0 Å². The van der Waals surface area contributed by atoms with Crippen LogP contribution in [0, 0.1) is 17.8 Å². The van der Waals surface area contributed by atoms with Gasteiger partial charge in [-0.1, -0.05) is 31.4 Å². The molecule has 0 radical (unpaired) electrons. The van der Waals surface area contributed by atoms with Gasteiger partial charge in [0.1, 0.15) is 0 Å². The van der Waals surface area contributed by atoms with Crippen LogP contribution in [0.15, 0.2) is 11.1 Å². The Morgan fingerprint density at radius 1 is 1.32 bits per heavy atom. The first-order chi connectivity index (χ1) is 9.17. The highest BCUT2D eigenvalue weighted by molar-refractivity contribution is 6.18. The molecule has 0 spiro atoms. The first kappa shape index (κ1) is 15.4. The van der Waals surface area contributed by atoms with E-state index in [1.54, 1.807) is 11.1 Å². The zero-order valence-electron chi connectivity index (χ0n) is 12.5. The van der Waals surface area contributed by atoms with Crippen molar-refractivity contribution in [3.63, 3.8) is 0 Å². The lowest BCUT2D eigenvalue weighted by molar-refractivity contribution is 0.128. The summed E-state index contributed by atoms with van der Waals surface area (Å²) in [6.07, 6.45) is 9.71. The van der Waals surface area contributed by atoms with Crippen LogP contribution in [0.25, 0.3) is 0 Å². The van der Waals surface area contributed by atoms with E-state index in [0.29, 0.717) is 17.7 Å². The fourth-order valence-electron chi connectivity index (χ4n) is 3.45. The summed E-state index contributed by atoms with van der Waals surface area (Å²) in [4.78, 5) is 0. The van der Waals surface area contributed by atoms with Gasteiger partial charge >= 0.3 is 0 Å². The molecule has 0 aromatic rings. The summed E-state index contributed by atoms with van der Waals surface area (Å²) >= 11 is 6.15. The highest BCUT2D eigenvalue weighted by Gasteiger charge is 2.34. The molecule has 2 aliphatic carbocycles. The Labute approximate surface area is 123 Å². The van der Waals surface area contributed by atoms with Crippen molar-refractivity contribution in [1.82, 2.24) is 0 Å². The molecular formula is C17H29ClO. The van der Waals surface area contributed by atoms with E-state index in [2.05, 4.69) is 13.8 Å². The van der Waals surface area contributed by atoms with Crippen molar-refractivity contribution in [2.45, 2.75) is 71.3 Å². The molecule has 110 valence electrons. The lowest BCUT2D eigenvalue weighted by Gasteiger charge is -2.40. The average Bonchev–Trinajstić information content (AvgIpc) is 2.29. The molecule has 2 aliphatic rings. The molecule has 2 heteroatoms. The molecule has 3 atom stereocenters. The van der Waals surface area contributed by atoms with Crippen LogP contribution in [-0.4, -0.2) is 17.1 Å². The molecule has 1 N–H and O–H groups in total. The van der Waals surface area contributed by atoms with Crippen molar-refractivity contribution in [2.75, 3.05) is 5.88 Å². The number of aliphatic hydroxyl groups excluding tert-OH is 1. The van der Waals surface area contributed by atoms with E-state index < -0.39 is 0 Å². The second kappa shape index (κ2) is 7.13. The van der Waals surface area contributed by atoms with Gasteiger partial charge in [-0.3, -0.25) is 0 Å². The summed E-state index contributed by atoms with van der Waals surface area (Å²) in [6.45, 7) is 4.34. The molecule has 3 unspecified atom stereocenters. The minimum Gasteiger partial charge on any atom is -0.393 e. The van der Waals surface area contributed by atoms with Crippen LogP contribution in [0.1, 0.15) is 65.2 Å². The van der Waals surface area contributed by atoms with Gasteiger partial charge in [-0.05, 0) is 62.7 Å². The third-order valence-electron chi connectivity index (χ3n) is 5.24. The first-order valence-corrected chi connectivity index (χ1v) is 8.66. The molecule has 0 amide bonds. The van der Waals surface area contributed by atoms with Gasteiger partial charge in [0.05, 0.1) is 6.10 Å². The zero-order chi connectivity index (χ0) is 13.8. The Hall–Kier alpha value is -0.0100. The van der Waals surface area contributed by atoms with E-state index in [9.17, 15) is 5.11 Å². The standard InChI is InChI=1S/C17H29ClO/c1-3-15(19)10-16(12(2)11-18)17(13-6-4-7-13)14-8-5-9-14/h12-13,15-16,19H,3-11H2,1-2H3. The molecule has 2 saturated carbocycles. The van der Waals surface area contributed by atoms with E-state index >= 15 is 0 Å². The average molecular weight is 285 g/mol. The van der Waals surface area contributed by atoms with Gasteiger partial charge in [0.15, 0.2) is 0 Å². The number of rotatable bonds is 7. The number of aliphatic hydroxyl groups is 1. The molecule has 19 heavy (non-hydrogen) atoms. The Kier molecular flexibility index (Phi) is 5.77. The molecule has 0 saturated heterocycles. The lowest BCUT2D eigenvalue weighted by atomic mass is 9.66. The predicted octanol–water partition coefficient (Wildman–Crippen LogP) is 4.92. The third kappa shape index (κ3) is 3.55. The molecule has 1 nitrogen and oxygen atoms in total. The smallest absolute Gasteiger partial charge is 0.0543 e. The third-order valence-corrected chi connectivity index (χ3v) is 5.72. The molecule has 0 aromatic carbocycles. The maximum atomic E-state index is 10.1. The van der Waals surface area contributed by atoms with E-state index in [-0.39, 0.29) is 6.10 Å². The molecule has 0 heterocycles. The summed E-state index contributed by atoms with van der Waals surface area (Å²) in [5.41, 5.74) is 3.44. The fourth-order valence-corrected chi connectivity index (χ4v) is 3.66. The van der Waals surface area contributed by atoms with Gasteiger partial charge in [-0.15, -0.1) is 11.6 Å². The zero-order valence-corrected chi connectivity index (χ0v) is 13.3. The summed E-state index contributed by atoms with van der Waals surface area (Å²) in [5.74, 6) is 2.54. The number of hydrogen-bond acceptors (Lipinski definition) is 1. The van der Waals surface area contributed by atoms with Crippen LogP contribution < -0.4 is 0 Å². The van der Waals surface area contributed by atoms with Gasteiger partial charge in [-0.2, -0.15) is 0 Å². The lowest BCUT2D eigenvalue weighted by Crippen LogP contribution is -2.30. The van der Waals surface area contributed by atoms with E-state index in [4.69, 9.17) is 11.6 Å². The van der Waals surface area contributed by atoms with Crippen LogP contribution in [0.2, 0.25) is 0 Å². The molecule has 2 fully saturated rings. The molecule has 0 aliphatic heterocycles. The Bertz CT molecular complexity index is 313. The van der Waals surface area contributed by atoms with Crippen LogP contribution >= 0.6 is 11.6 Å². The maximum Gasteiger partial charge on any atom is 0.0543 e. The van der Waals surface area contributed by atoms with Crippen molar-refractivity contribution >= 4 is 11.6 Å². The normalized spacial score (nSPS) is 24.3. The fraction of sp³-hybridized carbons (Fsp3) is 0.882. The van der Waals surface area contributed by atoms with Crippen molar-refractivity contribution < 1.29 is 5.11 Å². The summed E-state index contributed by atoms with van der Waals surface area (Å²) < 4.78 is 0. The Balaban J connectivity index is 2.17. The predicted molar refractivity (Wildman–Crippen MR) is 82.5 cm³/mol. The van der Waals surface area contributed by atoms with Crippen LogP contribution in [0.4, 0.5) is 0 Å². The van der Waals surface area contributed by atoms with Gasteiger partial charge in [0.2, 0.25) is 0 Å². The second-order valence-electron chi connectivity index (χ2n) is 6.58. The molecule has 2 rings (SSSR count). The summed E-state index contributed by atoms with van der Waals surface area (Å²) in [7, 11) is 0. The van der Waals surface area contributed by atoms with Gasteiger partial charge in [-0.25, -0.2) is 0 Å². The van der Waals surface area contributed by atoms with Crippen molar-refractivity contribution in [1.29, 1.82) is 0 Å². The van der Waals surface area contributed by atoms with E-state index in [1.165, 1.54) is 38.5 Å². The summed E-state index contributed by atoms with van der Waals surface area (Å²) in [5, 5.41) is 10.1. The first-order valence-electron chi connectivity index (χ1n) is 8.13. The highest BCUT2D eigenvalue weighted by Crippen LogP contribution is 2.46. The quantitative estimate of drug-likeness (QED) is 0.520. The van der Waals surface area contributed by atoms with Crippen molar-refractivity contribution in [3.05, 3.63) is 11.1 Å². The number of alkyl halides is 1. The molecule has 0 bridgehead atoms. The minimum atomic E-state index is -0.161. The highest BCUT2D eigenvalue weighted by atomic mass is 35.5. The van der Waals surface area contributed by atoms with Gasteiger partial charge in [0, 0.05) is 5.88 Å². The maximum absolute atomic E-state index is 10.1.